The summed E-state index contributed by atoms with van der Waals surface area (Å²) in [6.07, 6.45) is 0. The van der Waals surface area contributed by atoms with Gasteiger partial charge in [-0.3, -0.25) is 4.79 Å². The topological polar surface area (TPSA) is 66.5 Å². The van der Waals surface area contributed by atoms with Crippen molar-refractivity contribution in [2.24, 2.45) is 5.92 Å². The number of benzene rings is 1. The van der Waals surface area contributed by atoms with Gasteiger partial charge in [-0.2, -0.15) is 4.31 Å². The summed E-state index contributed by atoms with van der Waals surface area (Å²) in [4.78, 5) is 12.1. The second kappa shape index (κ2) is 5.30. The maximum Gasteiger partial charge on any atom is 0.243 e. The van der Waals surface area contributed by atoms with Gasteiger partial charge in [0.1, 0.15) is 6.04 Å². The van der Waals surface area contributed by atoms with Crippen molar-refractivity contribution in [2.45, 2.75) is 24.8 Å². The lowest BCUT2D eigenvalue weighted by molar-refractivity contribution is -0.128. The van der Waals surface area contributed by atoms with Crippen LogP contribution in [0.2, 0.25) is 0 Å². The van der Waals surface area contributed by atoms with E-state index >= 15 is 0 Å². The summed E-state index contributed by atoms with van der Waals surface area (Å²) in [7, 11) is -3.62. The molecule has 6 heteroatoms. The van der Waals surface area contributed by atoms with Gasteiger partial charge < -0.3 is 5.32 Å². The molecular formula is C13H18N2O3S. The Morgan fingerprint density at radius 3 is 2.47 bits per heavy atom. The van der Waals surface area contributed by atoms with Gasteiger partial charge in [0.05, 0.1) is 4.90 Å². The van der Waals surface area contributed by atoms with E-state index in [4.69, 9.17) is 0 Å². The minimum atomic E-state index is -3.62. The van der Waals surface area contributed by atoms with E-state index in [1.807, 2.05) is 13.8 Å². The van der Waals surface area contributed by atoms with Gasteiger partial charge in [-0.1, -0.05) is 32.0 Å². The van der Waals surface area contributed by atoms with Crippen LogP contribution in [0.3, 0.4) is 0 Å². The highest BCUT2D eigenvalue weighted by Gasteiger charge is 2.39. The highest BCUT2D eigenvalue weighted by molar-refractivity contribution is 7.89. The van der Waals surface area contributed by atoms with Crippen LogP contribution in [0, 0.1) is 5.92 Å². The highest BCUT2D eigenvalue weighted by Crippen LogP contribution is 2.23. The van der Waals surface area contributed by atoms with Gasteiger partial charge in [0, 0.05) is 13.1 Å². The van der Waals surface area contributed by atoms with Crippen molar-refractivity contribution < 1.29 is 13.2 Å². The Morgan fingerprint density at radius 2 is 1.89 bits per heavy atom. The molecule has 1 saturated heterocycles. The van der Waals surface area contributed by atoms with E-state index in [9.17, 15) is 13.2 Å². The minimum Gasteiger partial charge on any atom is -0.353 e. The molecule has 1 amide bonds. The zero-order valence-electron chi connectivity index (χ0n) is 11.0. The summed E-state index contributed by atoms with van der Waals surface area (Å²) >= 11 is 0. The van der Waals surface area contributed by atoms with Crippen molar-refractivity contribution >= 4 is 15.9 Å². The molecule has 1 N–H and O–H groups in total. The lowest BCUT2D eigenvalue weighted by Crippen LogP contribution is -2.58. The Balaban J connectivity index is 2.41. The minimum absolute atomic E-state index is 0.0706. The molecule has 19 heavy (non-hydrogen) atoms. The second-order valence-corrected chi connectivity index (χ2v) is 6.80. The van der Waals surface area contributed by atoms with Crippen molar-refractivity contribution in [1.82, 2.24) is 9.62 Å². The molecule has 0 bridgehead atoms. The fraction of sp³-hybridized carbons (Fsp3) is 0.462. The molecule has 1 atom stereocenters. The first kappa shape index (κ1) is 14.0. The van der Waals surface area contributed by atoms with Gasteiger partial charge >= 0.3 is 0 Å². The predicted molar refractivity (Wildman–Crippen MR) is 72.0 cm³/mol. The maximum atomic E-state index is 12.6. The zero-order chi connectivity index (χ0) is 14.0. The van der Waals surface area contributed by atoms with E-state index in [1.54, 1.807) is 30.3 Å². The molecule has 1 fully saturated rings. The van der Waals surface area contributed by atoms with Crippen LogP contribution >= 0.6 is 0 Å². The van der Waals surface area contributed by atoms with E-state index in [0.29, 0.717) is 13.1 Å². The third-order valence-corrected chi connectivity index (χ3v) is 5.09. The molecule has 2 rings (SSSR count). The molecule has 0 spiro atoms. The molecule has 0 aliphatic carbocycles. The average molecular weight is 282 g/mol. The van der Waals surface area contributed by atoms with Gasteiger partial charge in [0.2, 0.25) is 15.9 Å². The lowest BCUT2D eigenvalue weighted by atomic mass is 10.0. The Morgan fingerprint density at radius 1 is 1.26 bits per heavy atom. The van der Waals surface area contributed by atoms with Crippen LogP contribution in [0.4, 0.5) is 0 Å². The van der Waals surface area contributed by atoms with Crippen LogP contribution < -0.4 is 5.32 Å². The average Bonchev–Trinajstić information content (AvgIpc) is 2.39. The van der Waals surface area contributed by atoms with E-state index in [1.165, 1.54) is 4.31 Å². The number of hydrogen-bond donors (Lipinski definition) is 1. The Bertz CT molecular complexity index is 555. The number of nitrogens with one attached hydrogen (secondary N) is 1. The first-order valence-electron chi connectivity index (χ1n) is 6.29. The zero-order valence-corrected chi connectivity index (χ0v) is 11.9. The molecule has 104 valence electrons. The second-order valence-electron chi connectivity index (χ2n) is 4.91. The van der Waals surface area contributed by atoms with E-state index in [-0.39, 0.29) is 16.7 Å². The maximum absolute atomic E-state index is 12.6. The third kappa shape index (κ3) is 2.64. The number of hydrogen-bond acceptors (Lipinski definition) is 3. The third-order valence-electron chi connectivity index (χ3n) is 3.19. The smallest absolute Gasteiger partial charge is 0.243 e. The van der Waals surface area contributed by atoms with Crippen LogP contribution in [-0.4, -0.2) is 37.8 Å². The molecule has 5 nitrogen and oxygen atoms in total. The standard InChI is InChI=1S/C13H18N2O3S/c1-10(2)12-13(16)14-8-9-15(12)19(17,18)11-6-4-3-5-7-11/h3-7,10,12H,8-9H2,1-2H3,(H,14,16). The van der Waals surface area contributed by atoms with E-state index in [2.05, 4.69) is 5.32 Å². The monoisotopic (exact) mass is 282 g/mol. The van der Waals surface area contributed by atoms with Crippen molar-refractivity contribution in [3.63, 3.8) is 0 Å². The molecule has 0 radical (unpaired) electrons. The van der Waals surface area contributed by atoms with Gasteiger partial charge in [-0.25, -0.2) is 8.42 Å². The molecule has 1 heterocycles. The van der Waals surface area contributed by atoms with Crippen molar-refractivity contribution in [3.05, 3.63) is 30.3 Å². The molecular weight excluding hydrogens is 264 g/mol. The van der Waals surface area contributed by atoms with Crippen LogP contribution in [-0.2, 0) is 14.8 Å². The summed E-state index contributed by atoms with van der Waals surface area (Å²) < 4.78 is 26.5. The largest absolute Gasteiger partial charge is 0.353 e. The number of carbonyl (C=O) groups excluding carboxylic acids is 1. The summed E-state index contributed by atoms with van der Waals surface area (Å²) in [5.74, 6) is -0.292. The molecule has 1 unspecified atom stereocenters. The van der Waals surface area contributed by atoms with Gasteiger partial charge in [-0.15, -0.1) is 0 Å². The molecule has 1 aliphatic heterocycles. The summed E-state index contributed by atoms with van der Waals surface area (Å²) in [6, 6.07) is 7.60. The van der Waals surface area contributed by atoms with Gasteiger partial charge in [-0.05, 0) is 18.1 Å². The first-order valence-corrected chi connectivity index (χ1v) is 7.73. The lowest BCUT2D eigenvalue weighted by Gasteiger charge is -2.36. The number of piperazine rings is 1. The van der Waals surface area contributed by atoms with Crippen LogP contribution in [0.25, 0.3) is 0 Å². The Kier molecular flexibility index (Phi) is 3.91. The number of rotatable bonds is 3. The van der Waals surface area contributed by atoms with E-state index in [0.717, 1.165) is 0 Å². The SMILES string of the molecule is CC(C)C1C(=O)NCCN1S(=O)(=O)c1ccccc1. The molecule has 1 aliphatic rings. The van der Waals surface area contributed by atoms with Crippen molar-refractivity contribution in [3.8, 4) is 0 Å². The number of amides is 1. The number of carbonyl (C=O) groups is 1. The first-order chi connectivity index (χ1) is 8.94. The molecule has 1 aromatic rings. The quantitative estimate of drug-likeness (QED) is 0.893. The van der Waals surface area contributed by atoms with Crippen molar-refractivity contribution in [2.75, 3.05) is 13.1 Å². The summed E-state index contributed by atoms with van der Waals surface area (Å²) in [5.41, 5.74) is 0. The van der Waals surface area contributed by atoms with Gasteiger partial charge in [0.25, 0.3) is 0 Å². The van der Waals surface area contributed by atoms with Crippen molar-refractivity contribution in [1.29, 1.82) is 0 Å². The number of sulfonamides is 1. The van der Waals surface area contributed by atoms with Crippen LogP contribution in [0.1, 0.15) is 13.8 Å². The molecule has 0 aromatic heterocycles. The fourth-order valence-corrected chi connectivity index (χ4v) is 4.04. The van der Waals surface area contributed by atoms with Crippen LogP contribution in [0.15, 0.2) is 35.2 Å². The van der Waals surface area contributed by atoms with Gasteiger partial charge in [0.15, 0.2) is 0 Å². The highest BCUT2D eigenvalue weighted by atomic mass is 32.2. The predicted octanol–water partition coefficient (Wildman–Crippen LogP) is 0.832. The normalized spacial score (nSPS) is 21.4. The molecule has 0 saturated carbocycles. The van der Waals surface area contributed by atoms with E-state index < -0.39 is 16.1 Å². The Hall–Kier alpha value is -1.40. The number of nitrogens with zero attached hydrogens (tertiary/aromatic N) is 1. The summed E-state index contributed by atoms with van der Waals surface area (Å²) in [5, 5.41) is 2.72. The fourth-order valence-electron chi connectivity index (χ4n) is 2.30. The molecule has 1 aromatic carbocycles. The Labute approximate surface area is 113 Å². The van der Waals surface area contributed by atoms with Crippen LogP contribution in [0.5, 0.6) is 0 Å². The summed E-state index contributed by atoms with van der Waals surface area (Å²) in [6.45, 7) is 4.37.